The molecule has 0 aliphatic heterocycles. The Morgan fingerprint density at radius 1 is 0.818 bits per heavy atom. The average molecular weight is 154 g/mol. The van der Waals surface area contributed by atoms with E-state index in [2.05, 4.69) is 12.2 Å². The summed E-state index contributed by atoms with van der Waals surface area (Å²) in [5.41, 5.74) is 0. The van der Waals surface area contributed by atoms with Crippen LogP contribution in [0.15, 0.2) is 12.2 Å². The van der Waals surface area contributed by atoms with Gasteiger partial charge in [-0.3, -0.25) is 0 Å². The van der Waals surface area contributed by atoms with Crippen molar-refractivity contribution in [1.29, 1.82) is 0 Å². The van der Waals surface area contributed by atoms with Gasteiger partial charge in [-0.15, -0.1) is 0 Å². The van der Waals surface area contributed by atoms with E-state index in [-0.39, 0.29) is 0 Å². The van der Waals surface area contributed by atoms with Crippen molar-refractivity contribution in [2.24, 2.45) is 11.8 Å². The van der Waals surface area contributed by atoms with Crippen LogP contribution in [0.1, 0.15) is 19.3 Å². The van der Waals surface area contributed by atoms with Gasteiger partial charge in [0, 0.05) is 0 Å². The molecular formula is C9H14O2. The molecule has 2 N–H and O–H groups in total. The highest BCUT2D eigenvalue weighted by molar-refractivity contribution is 5.05. The summed E-state index contributed by atoms with van der Waals surface area (Å²) in [4.78, 5) is 0. The number of rotatable bonds is 0. The Morgan fingerprint density at radius 2 is 1.27 bits per heavy atom. The van der Waals surface area contributed by atoms with E-state index >= 15 is 0 Å². The molecule has 0 heterocycles. The van der Waals surface area contributed by atoms with Crippen molar-refractivity contribution < 1.29 is 10.2 Å². The first-order valence-corrected chi connectivity index (χ1v) is 4.30. The second-order valence-corrected chi connectivity index (χ2v) is 3.75. The van der Waals surface area contributed by atoms with Gasteiger partial charge in [0.25, 0.3) is 0 Å². The van der Waals surface area contributed by atoms with Crippen molar-refractivity contribution in [2.45, 2.75) is 31.5 Å². The molecule has 0 radical (unpaired) electrons. The van der Waals surface area contributed by atoms with Gasteiger partial charge >= 0.3 is 0 Å². The van der Waals surface area contributed by atoms with Crippen LogP contribution in [0.2, 0.25) is 0 Å². The zero-order valence-corrected chi connectivity index (χ0v) is 6.48. The lowest BCUT2D eigenvalue weighted by Crippen LogP contribution is -2.26. The van der Waals surface area contributed by atoms with E-state index in [1.165, 1.54) is 0 Å². The van der Waals surface area contributed by atoms with Crippen LogP contribution in [0.4, 0.5) is 0 Å². The quantitative estimate of drug-likeness (QED) is 0.504. The van der Waals surface area contributed by atoms with Crippen LogP contribution in [0.3, 0.4) is 0 Å². The average Bonchev–Trinajstić information content (AvgIpc) is 2.30. The summed E-state index contributed by atoms with van der Waals surface area (Å²) in [7, 11) is 0. The molecule has 2 aliphatic carbocycles. The van der Waals surface area contributed by atoms with Gasteiger partial charge in [-0.1, -0.05) is 12.2 Å². The Kier molecular flexibility index (Phi) is 1.74. The number of aliphatic hydroxyl groups excluding tert-OH is 2. The van der Waals surface area contributed by atoms with Crippen LogP contribution in [0.5, 0.6) is 0 Å². The Morgan fingerprint density at radius 3 is 1.73 bits per heavy atom. The molecule has 1 fully saturated rings. The summed E-state index contributed by atoms with van der Waals surface area (Å²) in [6, 6.07) is 0. The van der Waals surface area contributed by atoms with Crippen molar-refractivity contribution in [3.63, 3.8) is 0 Å². The predicted molar refractivity (Wildman–Crippen MR) is 42.0 cm³/mol. The van der Waals surface area contributed by atoms with Gasteiger partial charge < -0.3 is 10.2 Å². The first kappa shape index (κ1) is 7.32. The van der Waals surface area contributed by atoms with Gasteiger partial charge in [0.2, 0.25) is 0 Å². The molecule has 2 rings (SSSR count). The molecule has 2 nitrogen and oxygen atoms in total. The summed E-state index contributed by atoms with van der Waals surface area (Å²) >= 11 is 0. The minimum atomic E-state index is -0.491. The Hall–Kier alpha value is -0.340. The molecule has 4 atom stereocenters. The van der Waals surface area contributed by atoms with Crippen LogP contribution in [0.25, 0.3) is 0 Å². The molecule has 0 amide bonds. The SMILES string of the molecule is O[C@@H]1C[C@H]2C=C[C@H](C2)C[C@@H]1O. The Labute approximate surface area is 66.5 Å². The zero-order chi connectivity index (χ0) is 7.84. The van der Waals surface area contributed by atoms with E-state index in [1.54, 1.807) is 0 Å². The lowest BCUT2D eigenvalue weighted by atomic mass is 10.0. The van der Waals surface area contributed by atoms with Crippen molar-refractivity contribution in [3.05, 3.63) is 12.2 Å². The highest BCUT2D eigenvalue weighted by Crippen LogP contribution is 2.34. The Balaban J connectivity index is 2.11. The Bertz CT molecular complexity index is 158. The van der Waals surface area contributed by atoms with Crippen molar-refractivity contribution in [3.8, 4) is 0 Å². The standard InChI is InChI=1S/C9H14O2/c10-8-4-6-1-2-7(3-6)5-9(8)11/h1-2,6-11H,3-5H2/t6-,7+,8+,9-. The minimum absolute atomic E-state index is 0.491. The normalized spacial score (nSPS) is 49.3. The van der Waals surface area contributed by atoms with Gasteiger partial charge in [0.05, 0.1) is 12.2 Å². The molecule has 0 saturated heterocycles. The molecular weight excluding hydrogens is 140 g/mol. The smallest absolute Gasteiger partial charge is 0.0804 e. The number of aliphatic hydroxyl groups is 2. The van der Waals surface area contributed by atoms with E-state index in [9.17, 15) is 10.2 Å². The van der Waals surface area contributed by atoms with Gasteiger partial charge in [0.1, 0.15) is 0 Å². The molecule has 0 spiro atoms. The van der Waals surface area contributed by atoms with E-state index in [4.69, 9.17) is 0 Å². The fourth-order valence-electron chi connectivity index (χ4n) is 2.14. The zero-order valence-electron chi connectivity index (χ0n) is 6.48. The topological polar surface area (TPSA) is 40.5 Å². The number of allylic oxidation sites excluding steroid dienone is 2. The molecule has 11 heavy (non-hydrogen) atoms. The number of hydrogen-bond acceptors (Lipinski definition) is 2. The third-order valence-electron chi connectivity index (χ3n) is 2.79. The van der Waals surface area contributed by atoms with E-state index in [0.29, 0.717) is 11.8 Å². The lowest BCUT2D eigenvalue weighted by molar-refractivity contribution is 0.00869. The van der Waals surface area contributed by atoms with Gasteiger partial charge in [-0.05, 0) is 31.1 Å². The maximum atomic E-state index is 9.40. The molecule has 2 heteroatoms. The monoisotopic (exact) mass is 154 g/mol. The van der Waals surface area contributed by atoms with E-state index in [0.717, 1.165) is 19.3 Å². The summed E-state index contributed by atoms with van der Waals surface area (Å²) in [5.74, 6) is 1.04. The first-order valence-electron chi connectivity index (χ1n) is 4.30. The fourth-order valence-corrected chi connectivity index (χ4v) is 2.14. The molecule has 1 saturated carbocycles. The van der Waals surface area contributed by atoms with Gasteiger partial charge in [0.15, 0.2) is 0 Å². The molecule has 2 bridgehead atoms. The largest absolute Gasteiger partial charge is 0.390 e. The highest BCUT2D eigenvalue weighted by atomic mass is 16.3. The molecule has 0 unspecified atom stereocenters. The molecule has 62 valence electrons. The molecule has 2 aliphatic rings. The van der Waals surface area contributed by atoms with Crippen molar-refractivity contribution >= 4 is 0 Å². The molecule has 0 aromatic rings. The number of hydrogen-bond donors (Lipinski definition) is 2. The third-order valence-corrected chi connectivity index (χ3v) is 2.79. The number of fused-ring (bicyclic) bond motifs is 2. The van der Waals surface area contributed by atoms with E-state index < -0.39 is 12.2 Å². The van der Waals surface area contributed by atoms with Crippen LogP contribution in [0, 0.1) is 11.8 Å². The van der Waals surface area contributed by atoms with E-state index in [1.807, 2.05) is 0 Å². The second kappa shape index (κ2) is 2.61. The maximum Gasteiger partial charge on any atom is 0.0804 e. The maximum absolute atomic E-state index is 9.40. The van der Waals surface area contributed by atoms with Crippen LogP contribution < -0.4 is 0 Å². The third kappa shape index (κ3) is 1.33. The molecule has 0 aromatic heterocycles. The van der Waals surface area contributed by atoms with Crippen molar-refractivity contribution in [2.75, 3.05) is 0 Å². The van der Waals surface area contributed by atoms with Crippen LogP contribution in [-0.4, -0.2) is 22.4 Å². The summed E-state index contributed by atoms with van der Waals surface area (Å²) in [5, 5.41) is 18.8. The highest BCUT2D eigenvalue weighted by Gasteiger charge is 2.31. The summed E-state index contributed by atoms with van der Waals surface area (Å²) < 4.78 is 0. The molecule has 0 aromatic carbocycles. The second-order valence-electron chi connectivity index (χ2n) is 3.75. The van der Waals surface area contributed by atoms with Gasteiger partial charge in [-0.2, -0.15) is 0 Å². The fraction of sp³-hybridized carbons (Fsp3) is 0.778. The van der Waals surface area contributed by atoms with Crippen LogP contribution in [-0.2, 0) is 0 Å². The van der Waals surface area contributed by atoms with Crippen LogP contribution >= 0.6 is 0 Å². The lowest BCUT2D eigenvalue weighted by Gasteiger charge is -2.17. The summed E-state index contributed by atoms with van der Waals surface area (Å²) in [6.07, 6.45) is 6.00. The first-order chi connectivity index (χ1) is 5.25. The minimum Gasteiger partial charge on any atom is -0.390 e. The van der Waals surface area contributed by atoms with Gasteiger partial charge in [-0.25, -0.2) is 0 Å². The predicted octanol–water partition coefficient (Wildman–Crippen LogP) is 0.694. The summed E-state index contributed by atoms with van der Waals surface area (Å²) in [6.45, 7) is 0. The van der Waals surface area contributed by atoms with Crippen molar-refractivity contribution in [1.82, 2.24) is 0 Å².